The van der Waals surface area contributed by atoms with Crippen molar-refractivity contribution < 1.29 is 19.8 Å². The van der Waals surface area contributed by atoms with Gasteiger partial charge in [-0.1, -0.05) is 41.9 Å². The van der Waals surface area contributed by atoms with Crippen LogP contribution in [0.4, 0.5) is 0 Å². The van der Waals surface area contributed by atoms with Crippen LogP contribution in [-0.2, 0) is 11.2 Å². The highest BCUT2D eigenvalue weighted by atomic mass is 35.5. The molecule has 0 unspecified atom stereocenters. The fourth-order valence-electron chi connectivity index (χ4n) is 4.24. The molecular formula is C24H26ClN3O4. The summed E-state index contributed by atoms with van der Waals surface area (Å²) in [5.41, 5.74) is 1.96. The minimum absolute atomic E-state index is 0.147. The number of amides is 2. The van der Waals surface area contributed by atoms with E-state index in [4.69, 9.17) is 11.6 Å². The van der Waals surface area contributed by atoms with Crippen LogP contribution in [0.25, 0.3) is 10.9 Å². The molecule has 1 saturated heterocycles. The molecular weight excluding hydrogens is 430 g/mol. The lowest BCUT2D eigenvalue weighted by molar-refractivity contribution is -0.143. The topological polar surface area (TPSA) is 106 Å². The van der Waals surface area contributed by atoms with Gasteiger partial charge in [-0.2, -0.15) is 0 Å². The molecule has 2 aromatic carbocycles. The van der Waals surface area contributed by atoms with Crippen molar-refractivity contribution in [2.24, 2.45) is 0 Å². The Balaban J connectivity index is 1.56. The monoisotopic (exact) mass is 455 g/mol. The Kier molecular flexibility index (Phi) is 6.79. The summed E-state index contributed by atoms with van der Waals surface area (Å²) in [5, 5.41) is 24.7. The average Bonchev–Trinajstić information content (AvgIpc) is 3.45. The summed E-state index contributed by atoms with van der Waals surface area (Å²) in [5.74, 6) is -0.906. The number of aromatic nitrogens is 1. The van der Waals surface area contributed by atoms with Gasteiger partial charge in [-0.15, -0.1) is 0 Å². The minimum atomic E-state index is -1.44. The number of hydrogen-bond donors (Lipinski definition) is 4. The molecule has 0 aliphatic carbocycles. The number of carbonyl (C=O) groups excluding carboxylic acids is 2. The van der Waals surface area contributed by atoms with Gasteiger partial charge in [0.2, 0.25) is 0 Å². The summed E-state index contributed by atoms with van der Waals surface area (Å²) >= 11 is 6.04. The number of likely N-dealkylation sites (tertiary alicyclic amines) is 1. The van der Waals surface area contributed by atoms with E-state index in [-0.39, 0.29) is 19.1 Å². The molecule has 2 amide bonds. The van der Waals surface area contributed by atoms with Gasteiger partial charge in [0, 0.05) is 22.5 Å². The first-order chi connectivity index (χ1) is 15.5. The number of nitrogens with zero attached hydrogens (tertiary/aromatic N) is 1. The highest BCUT2D eigenvalue weighted by molar-refractivity contribution is 6.31. The number of aromatic amines is 1. The number of carbonyl (C=O) groups is 2. The summed E-state index contributed by atoms with van der Waals surface area (Å²) in [7, 11) is 0. The molecule has 168 valence electrons. The molecule has 1 aliphatic rings. The quantitative estimate of drug-likeness (QED) is 0.439. The van der Waals surface area contributed by atoms with Crippen molar-refractivity contribution in [1.29, 1.82) is 0 Å². The Bertz CT molecular complexity index is 1100. The molecule has 1 aromatic heterocycles. The van der Waals surface area contributed by atoms with E-state index in [0.717, 1.165) is 22.9 Å². The second-order valence-corrected chi connectivity index (χ2v) is 8.58. The molecule has 32 heavy (non-hydrogen) atoms. The van der Waals surface area contributed by atoms with Gasteiger partial charge in [-0.25, -0.2) is 0 Å². The molecule has 1 aliphatic heterocycles. The average molecular weight is 456 g/mol. The van der Waals surface area contributed by atoms with Gasteiger partial charge in [-0.3, -0.25) is 9.59 Å². The first-order valence-electron chi connectivity index (χ1n) is 10.7. The van der Waals surface area contributed by atoms with Gasteiger partial charge in [-0.05, 0) is 49.1 Å². The third-order valence-electron chi connectivity index (χ3n) is 5.95. The standard InChI is InChI=1S/C24H26ClN3O4/c25-17-8-9-19-16(12-17)13-21(26-19)23(31)27-20(11-15-5-2-1-3-6-15)22(30)24(32)28-10-4-7-18(28)14-29/h1-3,5-6,8-9,12-13,18,20,22,26,29-30H,4,7,10-11,14H2,(H,27,31)/t18-,20+,22-/m1/s1. The van der Waals surface area contributed by atoms with E-state index in [1.165, 1.54) is 4.90 Å². The second kappa shape index (κ2) is 9.73. The lowest BCUT2D eigenvalue weighted by Crippen LogP contribution is -2.54. The number of nitrogens with one attached hydrogen (secondary N) is 2. The number of benzene rings is 2. The Morgan fingerprint density at radius 2 is 1.97 bits per heavy atom. The van der Waals surface area contributed by atoms with Crippen LogP contribution in [0, 0.1) is 0 Å². The van der Waals surface area contributed by atoms with Crippen molar-refractivity contribution in [3.05, 3.63) is 70.9 Å². The summed E-state index contributed by atoms with van der Waals surface area (Å²) in [6, 6.07) is 15.2. The summed E-state index contributed by atoms with van der Waals surface area (Å²) < 4.78 is 0. The molecule has 0 radical (unpaired) electrons. The molecule has 3 aromatic rings. The van der Waals surface area contributed by atoms with Gasteiger partial charge < -0.3 is 25.4 Å². The zero-order valence-corrected chi connectivity index (χ0v) is 18.3. The van der Waals surface area contributed by atoms with Crippen LogP contribution in [-0.4, -0.2) is 63.3 Å². The molecule has 4 rings (SSSR count). The van der Waals surface area contributed by atoms with E-state index in [0.29, 0.717) is 23.7 Å². The second-order valence-electron chi connectivity index (χ2n) is 8.14. The van der Waals surface area contributed by atoms with Gasteiger partial charge in [0.25, 0.3) is 11.8 Å². The smallest absolute Gasteiger partial charge is 0.268 e. The normalized spacial score (nSPS) is 18.0. The molecule has 0 bridgehead atoms. The number of aliphatic hydroxyl groups excluding tert-OH is 2. The predicted octanol–water partition coefficient (Wildman–Crippen LogP) is 2.51. The molecule has 8 heteroatoms. The predicted molar refractivity (Wildman–Crippen MR) is 123 cm³/mol. The van der Waals surface area contributed by atoms with E-state index in [1.807, 2.05) is 30.3 Å². The van der Waals surface area contributed by atoms with Gasteiger partial charge in [0.15, 0.2) is 6.10 Å². The van der Waals surface area contributed by atoms with E-state index >= 15 is 0 Å². The largest absolute Gasteiger partial charge is 0.394 e. The minimum Gasteiger partial charge on any atom is -0.394 e. The molecule has 0 spiro atoms. The molecule has 3 atom stereocenters. The highest BCUT2D eigenvalue weighted by Gasteiger charge is 2.36. The maximum absolute atomic E-state index is 13.0. The number of hydrogen-bond acceptors (Lipinski definition) is 4. The van der Waals surface area contributed by atoms with Crippen LogP contribution >= 0.6 is 11.6 Å². The fourth-order valence-corrected chi connectivity index (χ4v) is 4.42. The van der Waals surface area contributed by atoms with Crippen LogP contribution in [0.3, 0.4) is 0 Å². The summed E-state index contributed by atoms with van der Waals surface area (Å²) in [6.07, 6.45) is 0.313. The zero-order chi connectivity index (χ0) is 22.7. The van der Waals surface area contributed by atoms with Gasteiger partial charge in [0.1, 0.15) is 5.69 Å². The Hall–Kier alpha value is -2.87. The van der Waals surface area contributed by atoms with Crippen LogP contribution in [0.5, 0.6) is 0 Å². The fraction of sp³-hybridized carbons (Fsp3) is 0.333. The van der Waals surface area contributed by atoms with E-state index in [1.54, 1.807) is 24.3 Å². The van der Waals surface area contributed by atoms with Crippen molar-refractivity contribution in [2.75, 3.05) is 13.2 Å². The number of H-pyrrole nitrogens is 1. The Morgan fingerprint density at radius 3 is 2.72 bits per heavy atom. The SMILES string of the molecule is O=C(N[C@@H](Cc1ccccc1)[C@@H](O)C(=O)N1CCC[C@@H]1CO)c1cc2cc(Cl)ccc2[nH]1. The van der Waals surface area contributed by atoms with Gasteiger partial charge in [0.05, 0.1) is 18.7 Å². The maximum Gasteiger partial charge on any atom is 0.268 e. The van der Waals surface area contributed by atoms with Crippen LogP contribution < -0.4 is 5.32 Å². The molecule has 2 heterocycles. The maximum atomic E-state index is 13.0. The number of rotatable bonds is 7. The number of aliphatic hydroxyl groups is 2. The Labute approximate surface area is 191 Å². The van der Waals surface area contributed by atoms with E-state index in [9.17, 15) is 19.8 Å². The van der Waals surface area contributed by atoms with Crippen molar-refractivity contribution in [2.45, 2.75) is 37.5 Å². The van der Waals surface area contributed by atoms with Gasteiger partial charge >= 0.3 is 0 Å². The van der Waals surface area contributed by atoms with Crippen LogP contribution in [0.2, 0.25) is 5.02 Å². The zero-order valence-electron chi connectivity index (χ0n) is 17.5. The molecule has 4 N–H and O–H groups in total. The Morgan fingerprint density at radius 1 is 1.19 bits per heavy atom. The first kappa shape index (κ1) is 22.3. The highest BCUT2D eigenvalue weighted by Crippen LogP contribution is 2.22. The number of fused-ring (bicyclic) bond motifs is 1. The molecule has 1 fully saturated rings. The van der Waals surface area contributed by atoms with Crippen molar-refractivity contribution in [3.63, 3.8) is 0 Å². The third-order valence-corrected chi connectivity index (χ3v) is 6.18. The van der Waals surface area contributed by atoms with Crippen molar-refractivity contribution in [3.8, 4) is 0 Å². The van der Waals surface area contributed by atoms with Crippen molar-refractivity contribution in [1.82, 2.24) is 15.2 Å². The van der Waals surface area contributed by atoms with Crippen molar-refractivity contribution >= 4 is 34.3 Å². The molecule has 7 nitrogen and oxygen atoms in total. The summed E-state index contributed by atoms with van der Waals surface area (Å²) in [4.78, 5) is 30.6. The van der Waals surface area contributed by atoms with Crippen LogP contribution in [0.15, 0.2) is 54.6 Å². The summed E-state index contributed by atoms with van der Waals surface area (Å²) in [6.45, 7) is 0.335. The van der Waals surface area contributed by atoms with E-state index < -0.39 is 24.0 Å². The third kappa shape index (κ3) is 4.80. The lowest BCUT2D eigenvalue weighted by Gasteiger charge is -2.30. The van der Waals surface area contributed by atoms with Crippen LogP contribution in [0.1, 0.15) is 28.9 Å². The lowest BCUT2D eigenvalue weighted by atomic mass is 9.99. The first-order valence-corrected chi connectivity index (χ1v) is 11.1. The number of halogens is 1. The molecule has 0 saturated carbocycles. The van der Waals surface area contributed by atoms with E-state index in [2.05, 4.69) is 10.3 Å².